The van der Waals surface area contributed by atoms with E-state index >= 15 is 0 Å². The fraction of sp³-hybridized carbons (Fsp3) is 0.286. The van der Waals surface area contributed by atoms with Crippen molar-refractivity contribution in [2.24, 2.45) is 0 Å². The first-order chi connectivity index (χ1) is 5.84. The molecule has 1 aromatic rings. The minimum Gasteiger partial charge on any atom is -0.246 e. The van der Waals surface area contributed by atoms with Crippen molar-refractivity contribution < 1.29 is 4.21 Å². The lowest BCUT2D eigenvalue weighted by atomic mass is 10.5. The molecule has 0 fully saturated rings. The second-order valence-electron chi connectivity index (χ2n) is 1.93. The van der Waals surface area contributed by atoms with Gasteiger partial charge in [0.25, 0.3) is 0 Å². The quantitative estimate of drug-likeness (QED) is 0.573. The predicted octanol–water partition coefficient (Wildman–Crippen LogP) is 2.16. The summed E-state index contributed by atoms with van der Waals surface area (Å²) in [6, 6.07) is 5.45. The van der Waals surface area contributed by atoms with Gasteiger partial charge in [0, 0.05) is 6.20 Å². The Morgan fingerprint density at radius 2 is 2.42 bits per heavy atom. The van der Waals surface area contributed by atoms with Crippen LogP contribution in [0.4, 0.5) is 0 Å². The minimum atomic E-state index is -0.999. The van der Waals surface area contributed by atoms with Gasteiger partial charge in [0.2, 0.25) is 0 Å². The van der Waals surface area contributed by atoms with Gasteiger partial charge in [-0.15, -0.1) is 0 Å². The molecule has 1 heterocycles. The molecule has 0 aliphatic carbocycles. The van der Waals surface area contributed by atoms with Crippen LogP contribution in [0.1, 0.15) is 0 Å². The van der Waals surface area contributed by atoms with Crippen LogP contribution < -0.4 is 0 Å². The molecule has 2 nitrogen and oxygen atoms in total. The number of rotatable bonds is 4. The van der Waals surface area contributed by atoms with Crippen LogP contribution in [0, 0.1) is 0 Å². The first-order valence-corrected chi connectivity index (χ1v) is 7.34. The molecular formula is C7H9NOS3. The maximum Gasteiger partial charge on any atom is 0.138 e. The second-order valence-corrected chi connectivity index (χ2v) is 6.19. The Bertz CT molecular complexity index is 252. The van der Waals surface area contributed by atoms with E-state index in [0.717, 1.165) is 5.08 Å². The molecule has 12 heavy (non-hydrogen) atoms. The zero-order valence-corrected chi connectivity index (χ0v) is 9.05. The molecule has 0 spiro atoms. The smallest absolute Gasteiger partial charge is 0.138 e. The number of pyridine rings is 1. The average molecular weight is 219 g/mol. The van der Waals surface area contributed by atoms with E-state index in [1.54, 1.807) is 24.0 Å². The molecule has 1 atom stereocenters. The molecule has 0 aliphatic heterocycles. The van der Waals surface area contributed by atoms with E-state index in [9.17, 15) is 4.21 Å². The van der Waals surface area contributed by atoms with Crippen LogP contribution in [-0.4, -0.2) is 20.5 Å². The standard InChI is InChI=1S/C7H9NOS3/c1-10-6-11-12(9)7-4-2-3-5-8-7/h2-5H,6H2,1H3. The van der Waals surface area contributed by atoms with E-state index in [-0.39, 0.29) is 0 Å². The highest BCUT2D eigenvalue weighted by Gasteiger charge is 2.03. The van der Waals surface area contributed by atoms with Gasteiger partial charge in [0.05, 0.1) is 5.08 Å². The summed E-state index contributed by atoms with van der Waals surface area (Å²) in [5.41, 5.74) is 0. The highest BCUT2D eigenvalue weighted by molar-refractivity contribution is 8.70. The van der Waals surface area contributed by atoms with Gasteiger partial charge in [-0.3, -0.25) is 0 Å². The van der Waals surface area contributed by atoms with Crippen molar-refractivity contribution in [1.29, 1.82) is 0 Å². The molecule has 1 rings (SSSR count). The topological polar surface area (TPSA) is 30.0 Å². The van der Waals surface area contributed by atoms with E-state index < -0.39 is 9.83 Å². The SMILES string of the molecule is CSCSS(=O)c1ccccn1. The Balaban J connectivity index is 2.54. The normalized spacial score (nSPS) is 12.8. The Kier molecular flexibility index (Phi) is 4.72. The highest BCUT2D eigenvalue weighted by atomic mass is 33.1. The summed E-state index contributed by atoms with van der Waals surface area (Å²) in [5.74, 6) is 0. The predicted molar refractivity (Wildman–Crippen MR) is 56.6 cm³/mol. The fourth-order valence-corrected chi connectivity index (χ4v) is 4.10. The van der Waals surface area contributed by atoms with Crippen LogP contribution >= 0.6 is 22.6 Å². The highest BCUT2D eigenvalue weighted by Crippen LogP contribution is 2.19. The van der Waals surface area contributed by atoms with E-state index in [2.05, 4.69) is 4.98 Å². The lowest BCUT2D eigenvalue weighted by molar-refractivity contribution is 0.689. The zero-order valence-electron chi connectivity index (χ0n) is 6.60. The first-order valence-electron chi connectivity index (χ1n) is 3.29. The van der Waals surface area contributed by atoms with Crippen molar-refractivity contribution in [2.45, 2.75) is 5.03 Å². The Morgan fingerprint density at radius 3 is 3.00 bits per heavy atom. The van der Waals surface area contributed by atoms with Crippen LogP contribution in [0.25, 0.3) is 0 Å². The van der Waals surface area contributed by atoms with E-state index in [1.165, 1.54) is 10.8 Å². The van der Waals surface area contributed by atoms with Crippen molar-refractivity contribution >= 4 is 32.4 Å². The lowest BCUT2D eigenvalue weighted by Crippen LogP contribution is -1.88. The molecular weight excluding hydrogens is 210 g/mol. The van der Waals surface area contributed by atoms with Crippen molar-refractivity contribution in [2.75, 3.05) is 11.3 Å². The van der Waals surface area contributed by atoms with Crippen molar-refractivity contribution in [3.63, 3.8) is 0 Å². The summed E-state index contributed by atoms with van der Waals surface area (Å²) in [7, 11) is 0.404. The van der Waals surface area contributed by atoms with Crippen molar-refractivity contribution in [3.8, 4) is 0 Å². The summed E-state index contributed by atoms with van der Waals surface area (Å²) in [5, 5.41) is 1.49. The molecule has 0 bridgehead atoms. The summed E-state index contributed by atoms with van der Waals surface area (Å²) < 4.78 is 11.4. The summed E-state index contributed by atoms with van der Waals surface area (Å²) in [6.45, 7) is 0. The van der Waals surface area contributed by atoms with Crippen LogP contribution in [0.2, 0.25) is 0 Å². The molecule has 1 aromatic heterocycles. The zero-order chi connectivity index (χ0) is 8.81. The van der Waals surface area contributed by atoms with Crippen LogP contribution in [0.5, 0.6) is 0 Å². The summed E-state index contributed by atoms with van der Waals surface area (Å²) in [4.78, 5) is 4.00. The Morgan fingerprint density at radius 1 is 1.58 bits per heavy atom. The summed E-state index contributed by atoms with van der Waals surface area (Å²) >= 11 is 1.67. The number of hydrogen-bond acceptors (Lipinski definition) is 4. The fourth-order valence-electron chi connectivity index (χ4n) is 0.598. The molecule has 0 radical (unpaired) electrons. The largest absolute Gasteiger partial charge is 0.246 e. The van der Waals surface area contributed by atoms with Gasteiger partial charge < -0.3 is 0 Å². The molecule has 1 unspecified atom stereocenters. The van der Waals surface area contributed by atoms with Crippen molar-refractivity contribution in [1.82, 2.24) is 4.98 Å². The van der Waals surface area contributed by atoms with E-state index in [4.69, 9.17) is 0 Å². The van der Waals surface area contributed by atoms with Crippen LogP contribution in [0.15, 0.2) is 29.4 Å². The van der Waals surface area contributed by atoms with Gasteiger partial charge in [-0.2, -0.15) is 11.8 Å². The third kappa shape index (κ3) is 3.16. The monoisotopic (exact) mass is 219 g/mol. The number of aromatic nitrogens is 1. The molecule has 0 saturated heterocycles. The average Bonchev–Trinajstić information content (AvgIpc) is 2.15. The lowest BCUT2D eigenvalue weighted by Gasteiger charge is -1.97. The van der Waals surface area contributed by atoms with Gasteiger partial charge in [-0.1, -0.05) is 6.07 Å². The molecule has 0 N–H and O–H groups in total. The Labute approximate surface area is 82.4 Å². The Hall–Kier alpha value is -0.000000000000000167. The second kappa shape index (κ2) is 5.61. The van der Waals surface area contributed by atoms with Crippen molar-refractivity contribution in [3.05, 3.63) is 24.4 Å². The van der Waals surface area contributed by atoms with Gasteiger partial charge in [0.1, 0.15) is 14.9 Å². The molecule has 66 valence electrons. The minimum absolute atomic E-state index is 0.650. The number of nitrogens with zero attached hydrogens (tertiary/aromatic N) is 1. The van der Waals surface area contributed by atoms with Crippen LogP contribution in [-0.2, 0) is 9.83 Å². The van der Waals surface area contributed by atoms with Gasteiger partial charge in [0.15, 0.2) is 0 Å². The van der Waals surface area contributed by atoms with Gasteiger partial charge in [-0.25, -0.2) is 9.19 Å². The molecule has 5 heteroatoms. The molecule has 0 aromatic carbocycles. The van der Waals surface area contributed by atoms with Gasteiger partial charge in [-0.05, 0) is 29.2 Å². The molecule has 0 amide bonds. The van der Waals surface area contributed by atoms with Gasteiger partial charge >= 0.3 is 0 Å². The number of hydrogen-bond donors (Lipinski definition) is 0. The maximum atomic E-state index is 11.4. The third-order valence-electron chi connectivity index (χ3n) is 1.08. The maximum absolute atomic E-state index is 11.4. The molecule has 0 aliphatic rings. The van der Waals surface area contributed by atoms with Crippen LogP contribution in [0.3, 0.4) is 0 Å². The third-order valence-corrected chi connectivity index (χ3v) is 5.23. The number of thioether (sulfide) groups is 1. The van der Waals surface area contributed by atoms with E-state index in [1.807, 2.05) is 18.4 Å². The summed E-state index contributed by atoms with van der Waals surface area (Å²) in [6.07, 6.45) is 3.65. The van der Waals surface area contributed by atoms with E-state index in [0.29, 0.717) is 5.03 Å². The first kappa shape index (κ1) is 10.1. The molecule has 0 saturated carbocycles.